The third kappa shape index (κ3) is 2.13. The fourth-order valence-corrected chi connectivity index (χ4v) is 1.52. The number of nitrogens with one attached hydrogen (secondary N) is 1. The number of rotatable bonds is 3. The minimum absolute atomic E-state index is 0.591. The molecule has 5 nitrogen and oxygen atoms in total. The van der Waals surface area contributed by atoms with E-state index >= 15 is 0 Å². The normalized spacial score (nSPS) is 11.3. The maximum atomic E-state index is 4.33. The highest BCUT2D eigenvalue weighted by Gasteiger charge is 2.07. The molecule has 0 unspecified atom stereocenters. The van der Waals surface area contributed by atoms with E-state index in [9.17, 15) is 0 Å². The lowest BCUT2D eigenvalue weighted by atomic mass is 10.2. The number of fused-ring (bicyclic) bond motifs is 1. The second kappa shape index (κ2) is 4.08. The summed E-state index contributed by atoms with van der Waals surface area (Å²) in [5.41, 5.74) is 0.950. The molecule has 0 atom stereocenters. The number of hydrogen-bond donors (Lipinski definition) is 1. The predicted molar refractivity (Wildman–Crippen MR) is 63.6 cm³/mol. The third-order valence-corrected chi connectivity index (χ3v) is 2.24. The Morgan fingerprint density at radius 2 is 2.06 bits per heavy atom. The van der Waals surface area contributed by atoms with Gasteiger partial charge in [-0.15, -0.1) is 5.10 Å². The first-order valence-electron chi connectivity index (χ1n) is 5.51. The topological polar surface area (TPSA) is 55.1 Å². The summed E-state index contributed by atoms with van der Waals surface area (Å²) >= 11 is 0. The summed E-state index contributed by atoms with van der Waals surface area (Å²) in [7, 11) is 0. The van der Waals surface area contributed by atoms with Crippen molar-refractivity contribution in [2.45, 2.75) is 27.7 Å². The van der Waals surface area contributed by atoms with Crippen molar-refractivity contribution in [1.29, 1.82) is 0 Å². The smallest absolute Gasteiger partial charge is 0.254 e. The lowest BCUT2D eigenvalue weighted by molar-refractivity contribution is 0.683. The van der Waals surface area contributed by atoms with Crippen LogP contribution in [0, 0.1) is 19.8 Å². The average molecular weight is 219 g/mol. The maximum Gasteiger partial charge on any atom is 0.254 e. The largest absolute Gasteiger partial charge is 0.370 e. The monoisotopic (exact) mass is 219 g/mol. The molecule has 1 N–H and O–H groups in total. The maximum absolute atomic E-state index is 4.33. The van der Waals surface area contributed by atoms with E-state index in [4.69, 9.17) is 0 Å². The Hall–Kier alpha value is -1.65. The zero-order chi connectivity index (χ0) is 11.7. The fourth-order valence-electron chi connectivity index (χ4n) is 1.52. The highest BCUT2D eigenvalue weighted by atomic mass is 15.4. The average Bonchev–Trinajstić information content (AvgIpc) is 2.54. The Kier molecular flexibility index (Phi) is 2.77. The summed E-state index contributed by atoms with van der Waals surface area (Å²) in [6.07, 6.45) is 0. The lowest BCUT2D eigenvalue weighted by Gasteiger charge is -2.10. The van der Waals surface area contributed by atoms with Gasteiger partial charge in [-0.2, -0.15) is 9.50 Å². The van der Waals surface area contributed by atoms with Crippen molar-refractivity contribution in [2.75, 3.05) is 11.9 Å². The van der Waals surface area contributed by atoms with Gasteiger partial charge in [-0.3, -0.25) is 0 Å². The summed E-state index contributed by atoms with van der Waals surface area (Å²) in [6.45, 7) is 9.09. The zero-order valence-electron chi connectivity index (χ0n) is 10.2. The van der Waals surface area contributed by atoms with Crippen LogP contribution in [-0.2, 0) is 0 Å². The molecule has 0 fully saturated rings. The highest BCUT2D eigenvalue weighted by Crippen LogP contribution is 2.11. The molecule has 0 saturated heterocycles. The quantitative estimate of drug-likeness (QED) is 0.855. The van der Waals surface area contributed by atoms with Crippen molar-refractivity contribution in [2.24, 2.45) is 5.92 Å². The third-order valence-electron chi connectivity index (χ3n) is 2.24. The number of aromatic nitrogens is 4. The standard InChI is InChI=1S/C11H17N5/c1-7(2)6-12-10-5-8(3)13-11-14-9(4)15-16(10)11/h5,7,12H,6H2,1-4H3. The number of aryl methyl sites for hydroxylation is 2. The Morgan fingerprint density at radius 1 is 1.31 bits per heavy atom. The van der Waals surface area contributed by atoms with Crippen LogP contribution in [0.15, 0.2) is 6.07 Å². The molecule has 0 aliphatic carbocycles. The van der Waals surface area contributed by atoms with Gasteiger partial charge in [0.05, 0.1) is 0 Å². The molecule has 2 aromatic heterocycles. The number of nitrogens with zero attached hydrogens (tertiary/aromatic N) is 4. The van der Waals surface area contributed by atoms with Crippen LogP contribution in [0.2, 0.25) is 0 Å². The molecule has 16 heavy (non-hydrogen) atoms. The molecule has 0 saturated carbocycles. The summed E-state index contributed by atoms with van der Waals surface area (Å²) < 4.78 is 1.75. The van der Waals surface area contributed by atoms with Crippen LogP contribution in [-0.4, -0.2) is 26.1 Å². The molecule has 0 spiro atoms. The first-order chi connectivity index (χ1) is 7.56. The van der Waals surface area contributed by atoms with Crippen LogP contribution in [0.3, 0.4) is 0 Å². The summed E-state index contributed by atoms with van der Waals surface area (Å²) in [5.74, 6) is 2.94. The van der Waals surface area contributed by atoms with E-state index in [1.807, 2.05) is 19.9 Å². The molecule has 86 valence electrons. The molecule has 2 aromatic rings. The van der Waals surface area contributed by atoms with Crippen LogP contribution in [0.25, 0.3) is 5.78 Å². The van der Waals surface area contributed by atoms with Crippen LogP contribution in [0.1, 0.15) is 25.4 Å². The number of anilines is 1. The zero-order valence-corrected chi connectivity index (χ0v) is 10.2. The summed E-state index contributed by atoms with van der Waals surface area (Å²) in [5, 5.41) is 7.67. The van der Waals surface area contributed by atoms with Gasteiger partial charge in [0.25, 0.3) is 5.78 Å². The minimum atomic E-state index is 0.591. The highest BCUT2D eigenvalue weighted by molar-refractivity contribution is 5.45. The van der Waals surface area contributed by atoms with Gasteiger partial charge in [0.2, 0.25) is 0 Å². The molecular formula is C11H17N5. The van der Waals surface area contributed by atoms with Crippen LogP contribution in [0.4, 0.5) is 5.82 Å². The molecule has 5 heteroatoms. The number of hydrogen-bond acceptors (Lipinski definition) is 4. The Balaban J connectivity index is 2.41. The van der Waals surface area contributed by atoms with Crippen molar-refractivity contribution in [3.8, 4) is 0 Å². The van der Waals surface area contributed by atoms with Gasteiger partial charge in [0.1, 0.15) is 11.6 Å². The Labute approximate surface area is 94.9 Å². The van der Waals surface area contributed by atoms with Crippen LogP contribution < -0.4 is 5.32 Å². The van der Waals surface area contributed by atoms with Gasteiger partial charge in [-0.05, 0) is 19.8 Å². The SMILES string of the molecule is Cc1cc(NCC(C)C)n2nc(C)nc2n1. The molecule has 0 amide bonds. The fraction of sp³-hybridized carbons (Fsp3) is 0.545. The van der Waals surface area contributed by atoms with Gasteiger partial charge < -0.3 is 5.32 Å². The molecule has 0 bridgehead atoms. The molecule has 0 radical (unpaired) electrons. The molecule has 0 aliphatic heterocycles. The van der Waals surface area contributed by atoms with E-state index in [0.717, 1.165) is 23.9 Å². The second-order valence-electron chi connectivity index (χ2n) is 4.43. The van der Waals surface area contributed by atoms with E-state index in [1.54, 1.807) is 4.52 Å². The summed E-state index contributed by atoms with van der Waals surface area (Å²) in [4.78, 5) is 8.60. The van der Waals surface area contributed by atoms with Crippen molar-refractivity contribution in [1.82, 2.24) is 19.6 Å². The second-order valence-corrected chi connectivity index (χ2v) is 4.43. The Bertz CT molecular complexity index is 500. The predicted octanol–water partition coefficient (Wildman–Crippen LogP) is 1.81. The van der Waals surface area contributed by atoms with Crippen molar-refractivity contribution < 1.29 is 0 Å². The lowest BCUT2D eigenvalue weighted by Crippen LogP contribution is -2.12. The first-order valence-corrected chi connectivity index (χ1v) is 5.51. The van der Waals surface area contributed by atoms with E-state index in [-0.39, 0.29) is 0 Å². The van der Waals surface area contributed by atoms with Gasteiger partial charge >= 0.3 is 0 Å². The summed E-state index contributed by atoms with van der Waals surface area (Å²) in [6, 6.07) is 1.99. The van der Waals surface area contributed by atoms with Crippen molar-refractivity contribution in [3.05, 3.63) is 17.6 Å². The van der Waals surface area contributed by atoms with Crippen LogP contribution >= 0.6 is 0 Å². The Morgan fingerprint density at radius 3 is 2.75 bits per heavy atom. The van der Waals surface area contributed by atoms with Gasteiger partial charge in [0, 0.05) is 18.3 Å². The molecule has 0 aliphatic rings. The molecular weight excluding hydrogens is 202 g/mol. The molecule has 0 aromatic carbocycles. The van der Waals surface area contributed by atoms with E-state index in [1.165, 1.54) is 0 Å². The van der Waals surface area contributed by atoms with Gasteiger partial charge in [-0.1, -0.05) is 13.8 Å². The van der Waals surface area contributed by atoms with Gasteiger partial charge in [0.15, 0.2) is 0 Å². The van der Waals surface area contributed by atoms with E-state index in [0.29, 0.717) is 11.7 Å². The van der Waals surface area contributed by atoms with E-state index < -0.39 is 0 Å². The van der Waals surface area contributed by atoms with Crippen molar-refractivity contribution >= 4 is 11.6 Å². The van der Waals surface area contributed by atoms with Crippen LogP contribution in [0.5, 0.6) is 0 Å². The molecule has 2 heterocycles. The first kappa shape index (κ1) is 10.9. The van der Waals surface area contributed by atoms with Gasteiger partial charge in [-0.25, -0.2) is 4.98 Å². The van der Waals surface area contributed by atoms with E-state index in [2.05, 4.69) is 34.2 Å². The van der Waals surface area contributed by atoms with Crippen molar-refractivity contribution in [3.63, 3.8) is 0 Å². The minimum Gasteiger partial charge on any atom is -0.370 e. The molecule has 2 rings (SSSR count).